The molecule has 0 saturated heterocycles. The van der Waals surface area contributed by atoms with Crippen molar-refractivity contribution in [2.24, 2.45) is 0 Å². The third-order valence-electron chi connectivity index (χ3n) is 2.34. The Bertz CT molecular complexity index is 506. The van der Waals surface area contributed by atoms with Gasteiger partial charge in [0.2, 0.25) is 0 Å². The molecule has 1 N–H and O–H groups in total. The summed E-state index contributed by atoms with van der Waals surface area (Å²) in [6.45, 7) is 1.88. The van der Waals surface area contributed by atoms with E-state index >= 15 is 0 Å². The van der Waals surface area contributed by atoms with Crippen molar-refractivity contribution in [3.8, 4) is 0 Å². The van der Waals surface area contributed by atoms with Gasteiger partial charge in [-0.3, -0.25) is 4.79 Å². The SMILES string of the molecule is CCc1ccc(C(=O)NC)cc1S(C)(=O)=O. The Hall–Kier alpha value is -1.36. The van der Waals surface area contributed by atoms with Crippen LogP contribution < -0.4 is 5.32 Å². The highest BCUT2D eigenvalue weighted by Crippen LogP contribution is 2.18. The summed E-state index contributed by atoms with van der Waals surface area (Å²) in [6, 6.07) is 4.74. The summed E-state index contributed by atoms with van der Waals surface area (Å²) in [5, 5.41) is 2.46. The standard InChI is InChI=1S/C11H15NO3S/c1-4-8-5-6-9(11(13)12-2)7-10(8)16(3,14)15/h5-7H,4H2,1-3H3,(H,12,13). The number of hydrogen-bond donors (Lipinski definition) is 1. The van der Waals surface area contributed by atoms with Crippen LogP contribution in [-0.4, -0.2) is 27.6 Å². The van der Waals surface area contributed by atoms with E-state index in [0.29, 0.717) is 12.0 Å². The third-order valence-corrected chi connectivity index (χ3v) is 3.52. The average Bonchev–Trinajstić information content (AvgIpc) is 2.26. The average molecular weight is 241 g/mol. The van der Waals surface area contributed by atoms with E-state index in [1.54, 1.807) is 12.1 Å². The molecular weight excluding hydrogens is 226 g/mol. The predicted octanol–water partition coefficient (Wildman–Crippen LogP) is 1.01. The number of carbonyl (C=O) groups excluding carboxylic acids is 1. The van der Waals surface area contributed by atoms with Crippen molar-refractivity contribution in [1.29, 1.82) is 0 Å². The molecule has 0 aliphatic carbocycles. The first kappa shape index (κ1) is 12.7. The molecule has 88 valence electrons. The molecule has 1 rings (SSSR count). The molecule has 1 aromatic rings. The number of hydrogen-bond acceptors (Lipinski definition) is 3. The van der Waals surface area contributed by atoms with Crippen LogP contribution in [0.1, 0.15) is 22.8 Å². The summed E-state index contributed by atoms with van der Waals surface area (Å²) < 4.78 is 23.1. The number of benzene rings is 1. The van der Waals surface area contributed by atoms with Gasteiger partial charge in [-0.15, -0.1) is 0 Å². The normalized spacial score (nSPS) is 11.2. The van der Waals surface area contributed by atoms with Crippen LogP contribution in [0, 0.1) is 0 Å². The van der Waals surface area contributed by atoms with Crippen LogP contribution in [0.25, 0.3) is 0 Å². The van der Waals surface area contributed by atoms with E-state index in [1.165, 1.54) is 13.1 Å². The predicted molar refractivity (Wildman–Crippen MR) is 62.3 cm³/mol. The zero-order valence-electron chi connectivity index (χ0n) is 9.57. The van der Waals surface area contributed by atoms with Gasteiger partial charge < -0.3 is 5.32 Å². The molecule has 0 saturated carbocycles. The highest BCUT2D eigenvalue weighted by Gasteiger charge is 2.15. The number of amides is 1. The molecule has 0 atom stereocenters. The van der Waals surface area contributed by atoms with Crippen molar-refractivity contribution in [3.63, 3.8) is 0 Å². The molecule has 16 heavy (non-hydrogen) atoms. The quantitative estimate of drug-likeness (QED) is 0.859. The summed E-state index contributed by atoms with van der Waals surface area (Å²) in [7, 11) is -1.78. The van der Waals surface area contributed by atoms with E-state index in [-0.39, 0.29) is 10.8 Å². The van der Waals surface area contributed by atoms with Crippen LogP contribution in [0.15, 0.2) is 23.1 Å². The van der Waals surface area contributed by atoms with Crippen LogP contribution in [0.5, 0.6) is 0 Å². The molecule has 4 nitrogen and oxygen atoms in total. The number of carbonyl (C=O) groups is 1. The smallest absolute Gasteiger partial charge is 0.251 e. The zero-order chi connectivity index (χ0) is 12.3. The van der Waals surface area contributed by atoms with E-state index in [1.807, 2.05) is 6.92 Å². The number of nitrogens with one attached hydrogen (secondary N) is 1. The molecule has 0 unspecified atom stereocenters. The lowest BCUT2D eigenvalue weighted by Crippen LogP contribution is -2.18. The maximum Gasteiger partial charge on any atom is 0.251 e. The first-order valence-corrected chi connectivity index (χ1v) is 6.84. The monoisotopic (exact) mass is 241 g/mol. The Morgan fingerprint density at radius 2 is 2.00 bits per heavy atom. The van der Waals surface area contributed by atoms with Gasteiger partial charge >= 0.3 is 0 Å². The van der Waals surface area contributed by atoms with Crippen LogP contribution in [0.3, 0.4) is 0 Å². The van der Waals surface area contributed by atoms with Crippen LogP contribution in [0.4, 0.5) is 0 Å². The topological polar surface area (TPSA) is 63.2 Å². The minimum Gasteiger partial charge on any atom is -0.355 e. The second-order valence-electron chi connectivity index (χ2n) is 3.53. The van der Waals surface area contributed by atoms with Crippen LogP contribution in [-0.2, 0) is 16.3 Å². The van der Waals surface area contributed by atoms with Gasteiger partial charge in [-0.2, -0.15) is 0 Å². The molecule has 1 aromatic carbocycles. The number of sulfone groups is 1. The maximum absolute atomic E-state index is 11.5. The van der Waals surface area contributed by atoms with Gasteiger partial charge in [0.15, 0.2) is 9.84 Å². The molecular formula is C11H15NO3S. The van der Waals surface area contributed by atoms with Crippen molar-refractivity contribution in [2.45, 2.75) is 18.2 Å². The fourth-order valence-corrected chi connectivity index (χ4v) is 2.51. The highest BCUT2D eigenvalue weighted by atomic mass is 32.2. The zero-order valence-corrected chi connectivity index (χ0v) is 10.4. The molecule has 0 bridgehead atoms. The van der Waals surface area contributed by atoms with Crippen molar-refractivity contribution in [3.05, 3.63) is 29.3 Å². The Kier molecular flexibility index (Phi) is 3.70. The molecule has 5 heteroatoms. The van der Waals surface area contributed by atoms with Crippen LogP contribution in [0.2, 0.25) is 0 Å². The first-order valence-electron chi connectivity index (χ1n) is 4.95. The lowest BCUT2D eigenvalue weighted by molar-refractivity contribution is 0.0963. The van der Waals surface area contributed by atoms with Crippen molar-refractivity contribution < 1.29 is 13.2 Å². The second kappa shape index (κ2) is 4.65. The molecule has 0 aliphatic rings. The van der Waals surface area contributed by atoms with E-state index in [0.717, 1.165) is 11.8 Å². The molecule has 0 spiro atoms. The first-order chi connectivity index (χ1) is 7.40. The Morgan fingerprint density at radius 1 is 1.38 bits per heavy atom. The van der Waals surface area contributed by atoms with Crippen LogP contribution >= 0.6 is 0 Å². The molecule has 0 fully saturated rings. The number of aryl methyl sites for hydroxylation is 1. The molecule has 0 radical (unpaired) electrons. The van der Waals surface area contributed by atoms with E-state index in [9.17, 15) is 13.2 Å². The third kappa shape index (κ3) is 2.61. The summed E-state index contributed by atoms with van der Waals surface area (Å²) in [5.74, 6) is -0.285. The van der Waals surface area contributed by atoms with E-state index in [4.69, 9.17) is 0 Å². The van der Waals surface area contributed by atoms with Gasteiger partial charge in [-0.25, -0.2) is 8.42 Å². The fraction of sp³-hybridized carbons (Fsp3) is 0.364. The maximum atomic E-state index is 11.5. The van der Waals surface area contributed by atoms with E-state index < -0.39 is 9.84 Å². The molecule has 0 heterocycles. The Balaban J connectivity index is 3.39. The molecule has 1 amide bonds. The van der Waals surface area contributed by atoms with Crippen molar-refractivity contribution in [1.82, 2.24) is 5.32 Å². The van der Waals surface area contributed by atoms with Gasteiger partial charge in [0.05, 0.1) is 4.90 Å². The van der Waals surface area contributed by atoms with Gasteiger partial charge in [0.1, 0.15) is 0 Å². The molecule has 0 aliphatic heterocycles. The Labute approximate surface area is 95.6 Å². The highest BCUT2D eigenvalue weighted by molar-refractivity contribution is 7.90. The van der Waals surface area contributed by atoms with Crippen molar-refractivity contribution in [2.75, 3.05) is 13.3 Å². The summed E-state index contributed by atoms with van der Waals surface area (Å²) in [5.41, 5.74) is 1.09. The van der Waals surface area contributed by atoms with Crippen molar-refractivity contribution >= 4 is 15.7 Å². The van der Waals surface area contributed by atoms with Gasteiger partial charge in [0.25, 0.3) is 5.91 Å². The largest absolute Gasteiger partial charge is 0.355 e. The molecule has 0 aromatic heterocycles. The summed E-state index contributed by atoms with van der Waals surface area (Å²) >= 11 is 0. The van der Waals surface area contributed by atoms with Gasteiger partial charge in [-0.05, 0) is 24.1 Å². The number of rotatable bonds is 3. The van der Waals surface area contributed by atoms with E-state index in [2.05, 4.69) is 5.32 Å². The fourth-order valence-electron chi connectivity index (χ4n) is 1.48. The summed E-state index contributed by atoms with van der Waals surface area (Å²) in [6.07, 6.45) is 1.77. The minimum atomic E-state index is -3.29. The summed E-state index contributed by atoms with van der Waals surface area (Å²) in [4.78, 5) is 11.6. The lowest BCUT2D eigenvalue weighted by Gasteiger charge is -2.08. The Morgan fingerprint density at radius 3 is 2.44 bits per heavy atom. The lowest BCUT2D eigenvalue weighted by atomic mass is 10.1. The van der Waals surface area contributed by atoms with Gasteiger partial charge in [-0.1, -0.05) is 13.0 Å². The van der Waals surface area contributed by atoms with Gasteiger partial charge in [0, 0.05) is 18.9 Å². The second-order valence-corrected chi connectivity index (χ2v) is 5.51. The minimum absolute atomic E-state index is 0.233.